The van der Waals surface area contributed by atoms with Crippen LogP contribution in [0.2, 0.25) is 0 Å². The van der Waals surface area contributed by atoms with Crippen LogP contribution < -0.4 is 5.32 Å². The van der Waals surface area contributed by atoms with Crippen molar-refractivity contribution < 1.29 is 27.6 Å². The van der Waals surface area contributed by atoms with E-state index in [0.29, 0.717) is 13.1 Å². The van der Waals surface area contributed by atoms with Gasteiger partial charge in [0.2, 0.25) is 0 Å². The molecule has 0 aliphatic carbocycles. The van der Waals surface area contributed by atoms with Gasteiger partial charge in [-0.25, -0.2) is 4.79 Å². The largest absolute Gasteiger partial charge is 0.465 e. The molecule has 2 atom stereocenters. The summed E-state index contributed by atoms with van der Waals surface area (Å²) in [6.45, 7) is 3.72. The minimum atomic E-state index is -4.02. The zero-order chi connectivity index (χ0) is 22.9. The van der Waals surface area contributed by atoms with Crippen molar-refractivity contribution in [3.63, 3.8) is 0 Å². The second kappa shape index (κ2) is 11.8. The molecule has 1 amide bonds. The molecule has 0 bridgehead atoms. The number of nitrogens with one attached hydrogen (secondary N) is 1. The lowest BCUT2D eigenvalue weighted by molar-refractivity contribution is 0.00990. The van der Waals surface area contributed by atoms with Gasteiger partial charge in [-0.1, -0.05) is 48.0 Å². The fraction of sp³-hybridized carbons (Fsp3) is 0.409. The van der Waals surface area contributed by atoms with Crippen molar-refractivity contribution in [2.45, 2.75) is 36.8 Å². The van der Waals surface area contributed by atoms with Crippen LogP contribution in [0.4, 0.5) is 4.79 Å². The van der Waals surface area contributed by atoms with E-state index >= 15 is 0 Å². The molecule has 1 aliphatic rings. The van der Waals surface area contributed by atoms with Gasteiger partial charge in [-0.15, -0.1) is 0 Å². The van der Waals surface area contributed by atoms with Gasteiger partial charge in [-0.3, -0.25) is 4.55 Å². The lowest BCUT2D eigenvalue weighted by atomic mass is 10.0. The van der Waals surface area contributed by atoms with Crippen LogP contribution in [0.1, 0.15) is 17.5 Å². The van der Waals surface area contributed by atoms with Crippen LogP contribution in [0, 0.1) is 6.92 Å². The summed E-state index contributed by atoms with van der Waals surface area (Å²) in [5.41, 5.74) is 2.26. The number of carboxylic acid groups (broad SMARTS) is 1. The minimum Gasteiger partial charge on any atom is -0.465 e. The minimum absolute atomic E-state index is 0.0666. The Morgan fingerprint density at radius 1 is 1.16 bits per heavy atom. The van der Waals surface area contributed by atoms with Crippen LogP contribution in [0.25, 0.3) is 0 Å². The first kappa shape index (κ1) is 24.8. The first-order valence-electron chi connectivity index (χ1n) is 10.0. The number of piperidine rings is 1. The number of hydrogen-bond acceptors (Lipinski definition) is 5. The standard InChI is InChI=1S/C15H22N2O3.C7H8O3S/c1-20-14-11-17(15(18)19)10-8-13(14)16-9-7-12-5-3-2-4-6-12;1-6-2-4-7(5-3-6)11(8,9)10/h2-6,13-14,16H,7-11H2,1H3,(H,18,19);2-5H,1H3,(H,8,9,10)/t13-,14+;/m1./s1. The van der Waals surface area contributed by atoms with Crippen molar-refractivity contribution in [2.24, 2.45) is 0 Å². The van der Waals surface area contributed by atoms with Crippen LogP contribution in [-0.4, -0.2) is 68.0 Å². The van der Waals surface area contributed by atoms with Crippen molar-refractivity contribution in [1.29, 1.82) is 0 Å². The van der Waals surface area contributed by atoms with E-state index in [2.05, 4.69) is 17.4 Å². The summed E-state index contributed by atoms with van der Waals surface area (Å²) in [7, 11) is -2.38. The van der Waals surface area contributed by atoms with Crippen LogP contribution in [0.15, 0.2) is 59.5 Å². The quantitative estimate of drug-likeness (QED) is 0.580. The molecule has 1 heterocycles. The highest BCUT2D eigenvalue weighted by Gasteiger charge is 2.30. The van der Waals surface area contributed by atoms with E-state index in [-0.39, 0.29) is 17.0 Å². The fourth-order valence-electron chi connectivity index (χ4n) is 3.32. The topological polar surface area (TPSA) is 116 Å². The van der Waals surface area contributed by atoms with E-state index in [4.69, 9.17) is 14.4 Å². The number of amides is 1. The van der Waals surface area contributed by atoms with Crippen LogP contribution in [-0.2, 0) is 21.3 Å². The number of nitrogens with zero attached hydrogens (tertiary/aromatic N) is 1. The van der Waals surface area contributed by atoms with Crippen molar-refractivity contribution in [2.75, 3.05) is 26.7 Å². The molecule has 8 nitrogen and oxygen atoms in total. The molecular weight excluding hydrogens is 420 g/mol. The molecule has 1 fully saturated rings. The van der Waals surface area contributed by atoms with Crippen molar-refractivity contribution in [3.05, 3.63) is 65.7 Å². The first-order valence-corrected chi connectivity index (χ1v) is 11.5. The summed E-state index contributed by atoms with van der Waals surface area (Å²) in [4.78, 5) is 12.3. The van der Waals surface area contributed by atoms with Gasteiger partial charge in [0.05, 0.1) is 17.5 Å². The summed E-state index contributed by atoms with van der Waals surface area (Å²) in [6, 6.07) is 16.5. The number of likely N-dealkylation sites (tertiary alicyclic amines) is 1. The summed E-state index contributed by atoms with van der Waals surface area (Å²) in [6.07, 6.45) is 0.820. The molecule has 0 saturated carbocycles. The smallest absolute Gasteiger partial charge is 0.407 e. The molecular formula is C22H30N2O6S. The lowest BCUT2D eigenvalue weighted by Gasteiger charge is -2.36. The van der Waals surface area contributed by atoms with E-state index < -0.39 is 16.2 Å². The van der Waals surface area contributed by atoms with Crippen LogP contribution in [0.3, 0.4) is 0 Å². The maximum Gasteiger partial charge on any atom is 0.407 e. The molecule has 3 N–H and O–H groups in total. The summed E-state index contributed by atoms with van der Waals surface area (Å²) in [5, 5.41) is 12.5. The monoisotopic (exact) mass is 450 g/mol. The normalized spacial score (nSPS) is 18.7. The number of methoxy groups -OCH3 is 1. The highest BCUT2D eigenvalue weighted by atomic mass is 32.2. The molecule has 3 rings (SSSR count). The Balaban J connectivity index is 0.000000262. The van der Waals surface area contributed by atoms with Crippen molar-refractivity contribution in [3.8, 4) is 0 Å². The van der Waals surface area contributed by atoms with Gasteiger partial charge in [0.1, 0.15) is 0 Å². The molecule has 1 aliphatic heterocycles. The molecule has 9 heteroatoms. The van der Waals surface area contributed by atoms with E-state index in [1.807, 2.05) is 25.1 Å². The average molecular weight is 451 g/mol. The molecule has 0 radical (unpaired) electrons. The number of aryl methyl sites for hydroxylation is 1. The van der Waals surface area contributed by atoms with Crippen LogP contribution in [0.5, 0.6) is 0 Å². The van der Waals surface area contributed by atoms with Gasteiger partial charge in [0, 0.05) is 19.7 Å². The summed E-state index contributed by atoms with van der Waals surface area (Å²) >= 11 is 0. The van der Waals surface area contributed by atoms with Gasteiger partial charge in [-0.2, -0.15) is 8.42 Å². The molecule has 170 valence electrons. The molecule has 2 aromatic rings. The molecule has 0 aromatic heterocycles. The third-order valence-corrected chi connectivity index (χ3v) is 5.98. The molecule has 31 heavy (non-hydrogen) atoms. The Bertz CT molecular complexity index is 919. The number of carbonyl (C=O) groups is 1. The predicted octanol–water partition coefficient (Wildman–Crippen LogP) is 2.83. The predicted molar refractivity (Wildman–Crippen MR) is 118 cm³/mol. The maximum absolute atomic E-state index is 11.0. The van der Waals surface area contributed by atoms with E-state index in [1.165, 1.54) is 22.6 Å². The SMILES string of the molecule is CO[C@H]1CN(C(=O)O)CC[C@H]1NCCc1ccccc1.Cc1ccc(S(=O)(=O)O)cc1. The number of ether oxygens (including phenoxy) is 1. The third kappa shape index (κ3) is 8.29. The van der Waals surface area contributed by atoms with Gasteiger partial charge < -0.3 is 20.1 Å². The lowest BCUT2D eigenvalue weighted by Crippen LogP contribution is -2.54. The molecule has 0 unspecified atom stereocenters. The van der Waals surface area contributed by atoms with Crippen molar-refractivity contribution in [1.82, 2.24) is 10.2 Å². The molecule has 0 spiro atoms. The fourth-order valence-corrected chi connectivity index (χ4v) is 3.80. The Morgan fingerprint density at radius 3 is 2.35 bits per heavy atom. The maximum atomic E-state index is 11.0. The van der Waals surface area contributed by atoms with Gasteiger partial charge in [0.25, 0.3) is 10.1 Å². The highest BCUT2D eigenvalue weighted by molar-refractivity contribution is 7.85. The Labute approximate surface area is 183 Å². The second-order valence-electron chi connectivity index (χ2n) is 7.38. The zero-order valence-electron chi connectivity index (χ0n) is 17.8. The Kier molecular flexibility index (Phi) is 9.44. The number of hydrogen-bond donors (Lipinski definition) is 3. The van der Waals surface area contributed by atoms with E-state index in [9.17, 15) is 13.2 Å². The summed E-state index contributed by atoms with van der Waals surface area (Å²) in [5.74, 6) is 0. The van der Waals surface area contributed by atoms with Gasteiger partial charge >= 0.3 is 6.09 Å². The molecule has 1 saturated heterocycles. The second-order valence-corrected chi connectivity index (χ2v) is 8.80. The zero-order valence-corrected chi connectivity index (χ0v) is 18.6. The Hall–Kier alpha value is -2.46. The highest BCUT2D eigenvalue weighted by Crippen LogP contribution is 2.14. The number of benzene rings is 2. The Morgan fingerprint density at radius 2 is 1.81 bits per heavy atom. The van der Waals surface area contributed by atoms with Crippen molar-refractivity contribution >= 4 is 16.2 Å². The number of rotatable bonds is 6. The first-order chi connectivity index (χ1) is 14.7. The van der Waals surface area contributed by atoms with Gasteiger partial charge in [0.15, 0.2) is 0 Å². The average Bonchev–Trinajstić information content (AvgIpc) is 2.74. The van der Waals surface area contributed by atoms with E-state index in [1.54, 1.807) is 19.2 Å². The third-order valence-electron chi connectivity index (χ3n) is 5.11. The van der Waals surface area contributed by atoms with Gasteiger partial charge in [-0.05, 0) is 44.0 Å². The summed E-state index contributed by atoms with van der Waals surface area (Å²) < 4.78 is 35.0. The molecule has 2 aromatic carbocycles. The van der Waals surface area contributed by atoms with Crippen LogP contribution >= 0.6 is 0 Å². The van der Waals surface area contributed by atoms with E-state index in [0.717, 1.165) is 24.9 Å².